The maximum absolute atomic E-state index is 13.0. The summed E-state index contributed by atoms with van der Waals surface area (Å²) in [6.45, 7) is 27.2. The normalized spacial score (nSPS) is 21.4. The summed E-state index contributed by atoms with van der Waals surface area (Å²) in [5.41, 5.74) is 6.40. The lowest BCUT2D eigenvalue weighted by Gasteiger charge is -2.26. The predicted octanol–water partition coefficient (Wildman–Crippen LogP) is 8.54. The number of carbonyl (C=O) groups excluding carboxylic acids is 1. The summed E-state index contributed by atoms with van der Waals surface area (Å²) < 4.78 is 29.4. The lowest BCUT2D eigenvalue weighted by atomic mass is 9.91. The minimum absolute atomic E-state index is 0.00870. The minimum Gasteiger partial charge on any atom is -0.467 e. The average Bonchev–Trinajstić information content (AvgIpc) is 3.28. The first-order chi connectivity index (χ1) is 19.6. The van der Waals surface area contributed by atoms with Gasteiger partial charge in [-0.25, -0.2) is 4.79 Å². The van der Waals surface area contributed by atoms with Gasteiger partial charge in [-0.05, 0) is 76.1 Å². The van der Waals surface area contributed by atoms with E-state index in [-0.39, 0.29) is 18.6 Å². The van der Waals surface area contributed by atoms with Crippen LogP contribution >= 0.6 is 0 Å². The van der Waals surface area contributed by atoms with Crippen molar-refractivity contribution in [3.8, 4) is 0 Å². The van der Waals surface area contributed by atoms with E-state index in [1.807, 2.05) is 20.8 Å². The van der Waals surface area contributed by atoms with Gasteiger partial charge in [-0.15, -0.1) is 0 Å². The molecule has 42 heavy (non-hydrogen) atoms. The van der Waals surface area contributed by atoms with Crippen molar-refractivity contribution in [2.45, 2.75) is 111 Å². The molecule has 0 saturated carbocycles. The van der Waals surface area contributed by atoms with Crippen LogP contribution in [0.4, 0.5) is 0 Å². The Hall–Kier alpha value is -2.03. The summed E-state index contributed by atoms with van der Waals surface area (Å²) >= 11 is 0. The van der Waals surface area contributed by atoms with Crippen LogP contribution in [0.25, 0.3) is 0 Å². The molecule has 6 nitrogen and oxygen atoms in total. The molecule has 4 atom stereocenters. The summed E-state index contributed by atoms with van der Waals surface area (Å²) in [6, 6.07) is 5.36. The molecule has 2 rings (SSSR count). The Bertz CT molecular complexity index is 1110. The molecule has 1 fully saturated rings. The smallest absolute Gasteiger partial charge is 0.341 e. The molecule has 1 aromatic rings. The van der Waals surface area contributed by atoms with E-state index >= 15 is 0 Å². The van der Waals surface area contributed by atoms with Gasteiger partial charge >= 0.3 is 5.97 Å². The van der Waals surface area contributed by atoms with Crippen molar-refractivity contribution >= 4 is 14.0 Å². The molecule has 0 N–H and O–H groups in total. The molecular formula is C35H56O6Si. The molecule has 0 aliphatic carbocycles. The topological polar surface area (TPSA) is 63.2 Å². The lowest BCUT2D eigenvalue weighted by molar-refractivity contribution is -0.169. The third-order valence-corrected chi connectivity index (χ3v) is 9.41. The second kappa shape index (κ2) is 16.2. The molecule has 1 heterocycles. The fourth-order valence-corrected chi connectivity index (χ4v) is 6.48. The molecule has 0 aromatic heterocycles. The van der Waals surface area contributed by atoms with Gasteiger partial charge in [0.25, 0.3) is 0 Å². The van der Waals surface area contributed by atoms with Crippen molar-refractivity contribution in [1.82, 2.24) is 0 Å². The van der Waals surface area contributed by atoms with Gasteiger partial charge in [-0.1, -0.05) is 81.1 Å². The number of hydrogen-bond acceptors (Lipinski definition) is 6. The van der Waals surface area contributed by atoms with Crippen LogP contribution in [0, 0.1) is 26.7 Å². The fraction of sp³-hybridized carbons (Fsp3) is 0.629. The lowest BCUT2D eigenvalue weighted by Crippen LogP contribution is -2.42. The molecule has 1 aliphatic heterocycles. The Morgan fingerprint density at radius 2 is 1.83 bits per heavy atom. The average molecular weight is 601 g/mol. The molecule has 0 unspecified atom stereocenters. The maximum atomic E-state index is 13.0. The van der Waals surface area contributed by atoms with Crippen LogP contribution in [0.15, 0.2) is 47.6 Å². The van der Waals surface area contributed by atoms with Gasteiger partial charge in [0.05, 0.1) is 19.8 Å². The van der Waals surface area contributed by atoms with E-state index in [9.17, 15) is 4.79 Å². The van der Waals surface area contributed by atoms with Gasteiger partial charge in [0.1, 0.15) is 6.79 Å². The van der Waals surface area contributed by atoms with E-state index < -0.39 is 25.9 Å². The largest absolute Gasteiger partial charge is 0.467 e. The number of rotatable bonds is 16. The first kappa shape index (κ1) is 36.2. The molecule has 1 aromatic carbocycles. The highest BCUT2D eigenvalue weighted by Gasteiger charge is 2.50. The van der Waals surface area contributed by atoms with Crippen molar-refractivity contribution in [1.29, 1.82) is 0 Å². The summed E-state index contributed by atoms with van der Waals surface area (Å²) in [7, 11) is 0.295. The quantitative estimate of drug-likeness (QED) is 0.0473. The van der Waals surface area contributed by atoms with Gasteiger partial charge in [0.15, 0.2) is 11.9 Å². The van der Waals surface area contributed by atoms with Crippen LogP contribution in [-0.4, -0.2) is 52.9 Å². The summed E-state index contributed by atoms with van der Waals surface area (Å²) in [6.07, 6.45) is 5.80. The molecule has 0 spiro atoms. The van der Waals surface area contributed by atoms with Crippen LogP contribution in [0.2, 0.25) is 25.7 Å². The van der Waals surface area contributed by atoms with Gasteiger partial charge in [0.2, 0.25) is 0 Å². The highest BCUT2D eigenvalue weighted by molar-refractivity contribution is 6.76. The van der Waals surface area contributed by atoms with Crippen LogP contribution in [0.5, 0.6) is 0 Å². The van der Waals surface area contributed by atoms with E-state index in [1.165, 1.54) is 12.7 Å². The van der Waals surface area contributed by atoms with E-state index in [0.29, 0.717) is 13.2 Å². The first-order valence-electron chi connectivity index (χ1n) is 15.3. The van der Waals surface area contributed by atoms with Crippen molar-refractivity contribution in [2.75, 3.05) is 27.1 Å². The number of allylic oxidation sites excluding steroid dienone is 3. The second-order valence-electron chi connectivity index (χ2n) is 13.4. The van der Waals surface area contributed by atoms with E-state index in [4.69, 9.17) is 23.7 Å². The third kappa shape index (κ3) is 10.9. The van der Waals surface area contributed by atoms with Gasteiger partial charge in [-0.2, -0.15) is 0 Å². The van der Waals surface area contributed by atoms with Crippen LogP contribution < -0.4 is 0 Å². The molecule has 0 radical (unpaired) electrons. The monoisotopic (exact) mass is 600 g/mol. The SMILES string of the molecule is C=C(/C=C(\C)[C@H](CC)OCOCC[Si](C)(C)C)C[C@H](C)/C=C(\C)C[C@]1(C(=O)OC)CO[C@H](c2c(C)cc(C)cc2C)O1. The van der Waals surface area contributed by atoms with Gasteiger partial charge in [-0.3, -0.25) is 0 Å². The van der Waals surface area contributed by atoms with E-state index in [0.717, 1.165) is 58.9 Å². The number of hydrogen-bond donors (Lipinski definition) is 0. The summed E-state index contributed by atoms with van der Waals surface area (Å²) in [4.78, 5) is 13.0. The summed E-state index contributed by atoms with van der Waals surface area (Å²) in [5.74, 6) is -0.187. The molecule has 7 heteroatoms. The minimum atomic E-state index is -1.18. The Morgan fingerprint density at radius 1 is 1.19 bits per heavy atom. The van der Waals surface area contributed by atoms with Gasteiger partial charge in [0, 0.05) is 26.7 Å². The number of benzene rings is 1. The molecule has 0 bridgehead atoms. The number of esters is 1. The zero-order valence-corrected chi connectivity index (χ0v) is 29.1. The number of methoxy groups -OCH3 is 1. The Morgan fingerprint density at radius 3 is 2.40 bits per heavy atom. The zero-order chi connectivity index (χ0) is 31.7. The molecule has 236 valence electrons. The second-order valence-corrected chi connectivity index (χ2v) is 19.0. The summed E-state index contributed by atoms with van der Waals surface area (Å²) in [5, 5.41) is 0. The Labute approximate surface area is 256 Å². The highest BCUT2D eigenvalue weighted by Crippen LogP contribution is 2.40. The predicted molar refractivity (Wildman–Crippen MR) is 174 cm³/mol. The van der Waals surface area contributed by atoms with E-state index in [2.05, 4.69) is 78.2 Å². The number of carbonyl (C=O) groups is 1. The maximum Gasteiger partial charge on any atom is 0.341 e. The number of ether oxygens (including phenoxy) is 5. The molecular weight excluding hydrogens is 544 g/mol. The first-order valence-corrected chi connectivity index (χ1v) is 19.0. The molecule has 1 aliphatic rings. The van der Waals surface area contributed by atoms with Crippen molar-refractivity contribution in [3.05, 3.63) is 69.8 Å². The third-order valence-electron chi connectivity index (χ3n) is 7.71. The van der Waals surface area contributed by atoms with Crippen molar-refractivity contribution in [3.63, 3.8) is 0 Å². The molecule has 1 saturated heterocycles. The van der Waals surface area contributed by atoms with Crippen LogP contribution in [0.3, 0.4) is 0 Å². The fourth-order valence-electron chi connectivity index (χ4n) is 5.73. The standard InChI is InChI=1S/C35H56O6Si/c1-13-31(40-23-38-14-15-42(10,11)12)28(6)18-25(3)16-24(2)17-27(5)21-35(34(36)37-9)22-39-33(41-35)32-29(7)19-26(4)20-30(32)8/h17-20,24,31,33H,3,13-16,21-23H2,1-2,4-12H3/b27-17+,28-18+/t24-,31-,33-,35+/m0/s1. The zero-order valence-electron chi connectivity index (χ0n) is 28.1. The van der Waals surface area contributed by atoms with Crippen LogP contribution in [0.1, 0.15) is 75.5 Å². The Kier molecular flexibility index (Phi) is 13.9. The highest BCUT2D eigenvalue weighted by atomic mass is 28.3. The van der Waals surface area contributed by atoms with Gasteiger partial charge < -0.3 is 23.7 Å². The van der Waals surface area contributed by atoms with Crippen molar-refractivity contribution in [2.24, 2.45) is 5.92 Å². The van der Waals surface area contributed by atoms with Crippen molar-refractivity contribution < 1.29 is 28.5 Å². The Balaban J connectivity index is 2.01. The molecule has 0 amide bonds. The number of aryl methyl sites for hydroxylation is 3. The van der Waals surface area contributed by atoms with E-state index in [1.54, 1.807) is 0 Å². The van der Waals surface area contributed by atoms with Crippen LogP contribution in [-0.2, 0) is 28.5 Å².